The standard InChI is InChI=1S/C12H23NO.C5H12/c1-7-10(2)13-12(5,6)8-11(3,4)9-14;1-4-5(2)3/h9,13H,2,7-8H2,1,3-6H3;5H,4H2,1-3H3. The maximum Gasteiger partial charge on any atom is 0.125 e. The van der Waals surface area contributed by atoms with Gasteiger partial charge in [0, 0.05) is 16.7 Å². The largest absolute Gasteiger partial charge is 0.384 e. The van der Waals surface area contributed by atoms with Crippen LogP contribution in [0.25, 0.3) is 0 Å². The third-order valence-electron chi connectivity index (χ3n) is 2.98. The summed E-state index contributed by atoms with van der Waals surface area (Å²) in [4.78, 5) is 10.8. The highest BCUT2D eigenvalue weighted by molar-refractivity contribution is 5.58. The zero-order valence-electron chi connectivity index (χ0n) is 14.4. The minimum atomic E-state index is -0.273. The van der Waals surface area contributed by atoms with Crippen molar-refractivity contribution in [1.29, 1.82) is 0 Å². The number of hydrogen-bond donors (Lipinski definition) is 1. The molecule has 0 saturated carbocycles. The van der Waals surface area contributed by atoms with Crippen molar-refractivity contribution in [2.24, 2.45) is 11.3 Å². The zero-order valence-corrected chi connectivity index (χ0v) is 14.4. The molecule has 0 aliphatic carbocycles. The summed E-state index contributed by atoms with van der Waals surface area (Å²) in [6.45, 7) is 20.7. The van der Waals surface area contributed by atoms with E-state index < -0.39 is 0 Å². The normalized spacial score (nSPS) is 11.6. The van der Waals surface area contributed by atoms with E-state index in [0.717, 1.165) is 30.7 Å². The SMILES string of the molecule is C=C(CC)NC(C)(C)CC(C)(C)C=O.CCC(C)C. The van der Waals surface area contributed by atoms with Crippen LogP contribution in [0.1, 0.15) is 74.7 Å². The molecule has 19 heavy (non-hydrogen) atoms. The molecule has 0 aliphatic rings. The first-order chi connectivity index (χ1) is 8.49. The average molecular weight is 269 g/mol. The summed E-state index contributed by atoms with van der Waals surface area (Å²) in [6.07, 6.45) is 4.05. The van der Waals surface area contributed by atoms with Crippen LogP contribution in [0.3, 0.4) is 0 Å². The molecular weight excluding hydrogens is 234 g/mol. The first kappa shape index (κ1) is 20.5. The molecule has 0 heterocycles. The van der Waals surface area contributed by atoms with Crippen LogP contribution >= 0.6 is 0 Å². The lowest BCUT2D eigenvalue weighted by Gasteiger charge is -2.33. The Hall–Kier alpha value is -0.790. The lowest BCUT2D eigenvalue weighted by atomic mass is 9.81. The van der Waals surface area contributed by atoms with E-state index in [1.807, 2.05) is 13.8 Å². The Bertz CT molecular complexity index is 264. The van der Waals surface area contributed by atoms with Crippen molar-refractivity contribution in [2.75, 3.05) is 0 Å². The smallest absolute Gasteiger partial charge is 0.125 e. The van der Waals surface area contributed by atoms with Gasteiger partial charge in [-0.2, -0.15) is 0 Å². The van der Waals surface area contributed by atoms with Crippen LogP contribution in [0.15, 0.2) is 12.3 Å². The van der Waals surface area contributed by atoms with Crippen LogP contribution in [0.4, 0.5) is 0 Å². The molecule has 0 bridgehead atoms. The van der Waals surface area contributed by atoms with Crippen LogP contribution in [-0.4, -0.2) is 11.8 Å². The quantitative estimate of drug-likeness (QED) is 0.663. The van der Waals surface area contributed by atoms with Crippen molar-refractivity contribution in [3.05, 3.63) is 12.3 Å². The Balaban J connectivity index is 0. The first-order valence-corrected chi connectivity index (χ1v) is 7.42. The molecule has 0 aromatic rings. The molecule has 0 saturated heterocycles. The second-order valence-corrected chi connectivity index (χ2v) is 7.05. The monoisotopic (exact) mass is 269 g/mol. The van der Waals surface area contributed by atoms with Gasteiger partial charge in [0.15, 0.2) is 0 Å². The summed E-state index contributed by atoms with van der Waals surface area (Å²) in [6, 6.07) is 0. The maximum atomic E-state index is 10.8. The van der Waals surface area contributed by atoms with Crippen molar-refractivity contribution >= 4 is 6.29 Å². The van der Waals surface area contributed by atoms with Crippen molar-refractivity contribution in [2.45, 2.75) is 80.2 Å². The van der Waals surface area contributed by atoms with Gasteiger partial charge in [-0.05, 0) is 32.6 Å². The molecule has 2 nitrogen and oxygen atoms in total. The number of carbonyl (C=O) groups excluding carboxylic acids is 1. The molecule has 114 valence electrons. The van der Waals surface area contributed by atoms with E-state index in [0.29, 0.717) is 0 Å². The van der Waals surface area contributed by atoms with Gasteiger partial charge in [-0.3, -0.25) is 0 Å². The van der Waals surface area contributed by atoms with Gasteiger partial charge in [-0.25, -0.2) is 0 Å². The topological polar surface area (TPSA) is 29.1 Å². The van der Waals surface area contributed by atoms with Gasteiger partial charge in [0.05, 0.1) is 0 Å². The number of allylic oxidation sites excluding steroid dienone is 1. The van der Waals surface area contributed by atoms with Crippen LogP contribution in [0, 0.1) is 11.3 Å². The highest BCUT2D eigenvalue weighted by atomic mass is 16.1. The Morgan fingerprint density at radius 1 is 1.21 bits per heavy atom. The zero-order chi connectivity index (χ0) is 15.7. The van der Waals surface area contributed by atoms with Crippen LogP contribution < -0.4 is 5.32 Å². The Morgan fingerprint density at radius 2 is 1.63 bits per heavy atom. The van der Waals surface area contributed by atoms with Crippen LogP contribution in [-0.2, 0) is 4.79 Å². The van der Waals surface area contributed by atoms with Gasteiger partial charge < -0.3 is 10.1 Å². The summed E-state index contributed by atoms with van der Waals surface area (Å²) in [5, 5.41) is 3.34. The number of hydrogen-bond acceptors (Lipinski definition) is 2. The Labute approximate surface area is 121 Å². The van der Waals surface area contributed by atoms with Gasteiger partial charge in [-0.1, -0.05) is 54.5 Å². The van der Waals surface area contributed by atoms with Gasteiger partial charge >= 0.3 is 0 Å². The van der Waals surface area contributed by atoms with E-state index in [2.05, 4.69) is 53.4 Å². The van der Waals surface area contributed by atoms with E-state index in [1.165, 1.54) is 6.42 Å². The van der Waals surface area contributed by atoms with Gasteiger partial charge in [0.1, 0.15) is 6.29 Å². The molecule has 0 rings (SSSR count). The molecular formula is C17H35NO. The predicted octanol–water partition coefficient (Wildman–Crippen LogP) is 4.95. The number of aldehydes is 1. The molecule has 0 fully saturated rings. The minimum Gasteiger partial charge on any atom is -0.384 e. The van der Waals surface area contributed by atoms with E-state index >= 15 is 0 Å². The fourth-order valence-corrected chi connectivity index (χ4v) is 1.79. The number of nitrogens with one attached hydrogen (secondary N) is 1. The lowest BCUT2D eigenvalue weighted by Crippen LogP contribution is -2.42. The molecule has 2 heteroatoms. The maximum absolute atomic E-state index is 10.8. The second-order valence-electron chi connectivity index (χ2n) is 7.05. The summed E-state index contributed by atoms with van der Waals surface area (Å²) >= 11 is 0. The fourth-order valence-electron chi connectivity index (χ4n) is 1.79. The summed E-state index contributed by atoms with van der Waals surface area (Å²) in [7, 11) is 0. The summed E-state index contributed by atoms with van der Waals surface area (Å²) < 4.78 is 0. The van der Waals surface area contributed by atoms with Crippen molar-refractivity contribution in [1.82, 2.24) is 5.32 Å². The molecule has 0 radical (unpaired) electrons. The molecule has 0 unspecified atom stereocenters. The molecule has 0 atom stereocenters. The molecule has 0 spiro atoms. The Kier molecular flexibility index (Phi) is 9.90. The molecule has 1 N–H and O–H groups in total. The highest BCUT2D eigenvalue weighted by Gasteiger charge is 2.28. The van der Waals surface area contributed by atoms with Crippen LogP contribution in [0.5, 0.6) is 0 Å². The van der Waals surface area contributed by atoms with E-state index in [1.54, 1.807) is 0 Å². The molecule has 0 amide bonds. The van der Waals surface area contributed by atoms with Crippen molar-refractivity contribution in [3.8, 4) is 0 Å². The summed E-state index contributed by atoms with van der Waals surface area (Å²) in [5.74, 6) is 0.884. The minimum absolute atomic E-state index is 0.0719. The van der Waals surface area contributed by atoms with Gasteiger partial charge in [0.2, 0.25) is 0 Å². The summed E-state index contributed by atoms with van der Waals surface area (Å²) in [5.41, 5.74) is 0.680. The molecule has 0 aliphatic heterocycles. The van der Waals surface area contributed by atoms with Crippen molar-refractivity contribution in [3.63, 3.8) is 0 Å². The van der Waals surface area contributed by atoms with Gasteiger partial charge in [0.25, 0.3) is 0 Å². The van der Waals surface area contributed by atoms with Crippen LogP contribution in [0.2, 0.25) is 0 Å². The third-order valence-corrected chi connectivity index (χ3v) is 2.98. The number of rotatable bonds is 7. The molecule has 0 aromatic heterocycles. The molecule has 0 aromatic carbocycles. The predicted molar refractivity (Wildman–Crippen MR) is 86.2 cm³/mol. The fraction of sp³-hybridized carbons (Fsp3) is 0.824. The average Bonchev–Trinajstić information content (AvgIpc) is 2.27. The van der Waals surface area contributed by atoms with E-state index in [9.17, 15) is 4.79 Å². The second kappa shape index (κ2) is 9.17. The van der Waals surface area contributed by atoms with E-state index in [4.69, 9.17) is 0 Å². The van der Waals surface area contributed by atoms with Gasteiger partial charge in [-0.15, -0.1) is 0 Å². The lowest BCUT2D eigenvalue weighted by molar-refractivity contribution is -0.115. The Morgan fingerprint density at radius 3 is 1.89 bits per heavy atom. The highest BCUT2D eigenvalue weighted by Crippen LogP contribution is 2.26. The van der Waals surface area contributed by atoms with E-state index in [-0.39, 0.29) is 11.0 Å². The first-order valence-electron chi connectivity index (χ1n) is 7.42. The van der Waals surface area contributed by atoms with Crippen molar-refractivity contribution < 1.29 is 4.79 Å². The number of carbonyl (C=O) groups is 1. The third kappa shape index (κ3) is 13.4.